The number of fused-ring (bicyclic) bond motifs is 5. The van der Waals surface area contributed by atoms with Gasteiger partial charge in [-0.1, -0.05) is 34.6 Å². The van der Waals surface area contributed by atoms with Crippen LogP contribution in [-0.2, 0) is 23.7 Å². The molecular weight excluding hydrogens is 420 g/mol. The molecular formula is C27H42O6. The third-order valence-electron chi connectivity index (χ3n) is 11.9. The molecule has 0 aromatic rings. The molecule has 3 heterocycles. The van der Waals surface area contributed by atoms with Crippen LogP contribution in [0, 0.1) is 34.0 Å². The van der Waals surface area contributed by atoms with Gasteiger partial charge in [-0.3, -0.25) is 0 Å². The van der Waals surface area contributed by atoms with E-state index in [-0.39, 0.29) is 33.9 Å². The van der Waals surface area contributed by atoms with E-state index in [4.69, 9.17) is 23.7 Å². The molecule has 0 unspecified atom stereocenters. The van der Waals surface area contributed by atoms with Crippen LogP contribution in [0.2, 0.25) is 0 Å². The number of hydrogen-bond donors (Lipinski definition) is 1. The van der Waals surface area contributed by atoms with Gasteiger partial charge < -0.3 is 28.8 Å². The first-order chi connectivity index (χ1) is 15.4. The Morgan fingerprint density at radius 2 is 1.48 bits per heavy atom. The van der Waals surface area contributed by atoms with Crippen molar-refractivity contribution in [3.8, 4) is 0 Å². The van der Waals surface area contributed by atoms with Crippen LogP contribution >= 0.6 is 0 Å². The Balaban J connectivity index is 1.35. The lowest BCUT2D eigenvalue weighted by molar-refractivity contribution is -0.309. The van der Waals surface area contributed by atoms with Crippen molar-refractivity contribution >= 4 is 0 Å². The highest BCUT2D eigenvalue weighted by Crippen LogP contribution is 2.78. The van der Waals surface area contributed by atoms with Crippen LogP contribution in [0.25, 0.3) is 0 Å². The van der Waals surface area contributed by atoms with Crippen molar-refractivity contribution in [3.63, 3.8) is 0 Å². The molecule has 1 N–H and O–H groups in total. The Morgan fingerprint density at radius 3 is 2.15 bits per heavy atom. The van der Waals surface area contributed by atoms with Crippen molar-refractivity contribution in [1.29, 1.82) is 0 Å². The Bertz CT molecular complexity index is 855. The Morgan fingerprint density at radius 1 is 0.818 bits per heavy atom. The standard InChI is InChI=1S/C27H42O6/c1-21(2,3)25(28)15-23(5)18(6-7-27(23)31-12-13-32-27)17-14-19-26(33-19)16-24(29-10-11-30-24)9-8-22(26,4)20(17)25/h17-20,28H,6-16H2,1-5H3/t17-,18+,19-,20+,22-,23+,25+,26-/m1/s1. The Hall–Kier alpha value is -0.240. The maximum absolute atomic E-state index is 12.9. The van der Waals surface area contributed by atoms with Gasteiger partial charge in [0.15, 0.2) is 11.6 Å². The lowest BCUT2D eigenvalue weighted by atomic mass is 9.38. The lowest BCUT2D eigenvalue weighted by Crippen LogP contribution is -2.72. The molecule has 6 nitrogen and oxygen atoms in total. The summed E-state index contributed by atoms with van der Waals surface area (Å²) >= 11 is 0. The second kappa shape index (κ2) is 6.18. The Kier molecular flexibility index (Phi) is 4.12. The van der Waals surface area contributed by atoms with Crippen LogP contribution < -0.4 is 0 Å². The smallest absolute Gasteiger partial charge is 0.174 e. The second-order valence-electron chi connectivity index (χ2n) is 13.9. The van der Waals surface area contributed by atoms with Crippen molar-refractivity contribution in [2.75, 3.05) is 26.4 Å². The maximum Gasteiger partial charge on any atom is 0.174 e. The average Bonchev–Trinajstić information content (AvgIpc) is 3.09. The molecule has 7 fully saturated rings. The van der Waals surface area contributed by atoms with Gasteiger partial charge in [0.1, 0.15) is 5.60 Å². The summed E-state index contributed by atoms with van der Waals surface area (Å²) < 4.78 is 31.9. The summed E-state index contributed by atoms with van der Waals surface area (Å²) in [7, 11) is 0. The predicted octanol–water partition coefficient (Wildman–Crippen LogP) is 4.03. The van der Waals surface area contributed by atoms with E-state index in [9.17, 15) is 5.11 Å². The molecule has 0 aromatic heterocycles. The zero-order valence-electron chi connectivity index (χ0n) is 21.1. The predicted molar refractivity (Wildman–Crippen MR) is 120 cm³/mol. The largest absolute Gasteiger partial charge is 0.389 e. The third-order valence-corrected chi connectivity index (χ3v) is 11.9. The molecule has 0 radical (unpaired) electrons. The summed E-state index contributed by atoms with van der Waals surface area (Å²) in [5.41, 5.74) is -1.63. The number of epoxide rings is 1. The fraction of sp³-hybridized carbons (Fsp3) is 1.00. The SMILES string of the molecule is CC(C)(C)[C@]1(O)C[C@@]2(C)[C@@H](CCC23OCCO3)[C@H]2C[C@H]3O[C@]34CC3(CC[C@]4(C)[C@H]21)OCCO3. The number of hydrogen-bond acceptors (Lipinski definition) is 6. The summed E-state index contributed by atoms with van der Waals surface area (Å²) in [6, 6.07) is 0. The van der Waals surface area contributed by atoms with Gasteiger partial charge in [0.2, 0.25) is 0 Å². The molecule has 0 bridgehead atoms. The van der Waals surface area contributed by atoms with Crippen LogP contribution in [0.15, 0.2) is 0 Å². The van der Waals surface area contributed by atoms with Gasteiger partial charge in [-0.25, -0.2) is 0 Å². The molecule has 33 heavy (non-hydrogen) atoms. The minimum Gasteiger partial charge on any atom is -0.389 e. The first-order valence-electron chi connectivity index (χ1n) is 13.4. The molecule has 8 atom stereocenters. The van der Waals surface area contributed by atoms with E-state index in [0.717, 1.165) is 44.9 Å². The number of aliphatic hydroxyl groups is 1. The van der Waals surface area contributed by atoms with Gasteiger partial charge in [-0.05, 0) is 48.9 Å². The molecule has 4 saturated carbocycles. The quantitative estimate of drug-likeness (QED) is 0.548. The van der Waals surface area contributed by atoms with E-state index in [1.54, 1.807) is 0 Å². The number of ether oxygens (including phenoxy) is 5. The van der Waals surface area contributed by atoms with Crippen LogP contribution in [0.1, 0.15) is 79.6 Å². The third kappa shape index (κ3) is 2.38. The molecule has 6 heteroatoms. The van der Waals surface area contributed by atoms with E-state index in [1.807, 2.05) is 0 Å². The minimum atomic E-state index is -0.837. The summed E-state index contributed by atoms with van der Waals surface area (Å²) in [5, 5.41) is 12.9. The van der Waals surface area contributed by atoms with Gasteiger partial charge in [-0.2, -0.15) is 0 Å². The summed E-state index contributed by atoms with van der Waals surface area (Å²) in [5.74, 6) is 0.0520. The van der Waals surface area contributed by atoms with Crippen LogP contribution in [0.3, 0.4) is 0 Å². The highest BCUT2D eigenvalue weighted by molar-refractivity contribution is 5.30. The summed E-state index contributed by atoms with van der Waals surface area (Å²) in [4.78, 5) is 0. The molecule has 3 spiro atoms. The zero-order chi connectivity index (χ0) is 23.1. The first-order valence-corrected chi connectivity index (χ1v) is 13.4. The van der Waals surface area contributed by atoms with Crippen LogP contribution in [0.5, 0.6) is 0 Å². The van der Waals surface area contributed by atoms with Gasteiger partial charge in [-0.15, -0.1) is 0 Å². The fourth-order valence-corrected chi connectivity index (χ4v) is 10.3. The molecule has 3 saturated heterocycles. The van der Waals surface area contributed by atoms with Crippen molar-refractivity contribution in [2.45, 2.75) is 108 Å². The van der Waals surface area contributed by atoms with Gasteiger partial charge in [0.05, 0.1) is 38.1 Å². The van der Waals surface area contributed by atoms with Crippen molar-refractivity contribution in [3.05, 3.63) is 0 Å². The Labute approximate surface area is 198 Å². The van der Waals surface area contributed by atoms with Gasteiger partial charge >= 0.3 is 0 Å². The normalized spacial score (nSPS) is 55.8. The van der Waals surface area contributed by atoms with Crippen molar-refractivity contribution < 1.29 is 28.8 Å². The fourth-order valence-electron chi connectivity index (χ4n) is 10.3. The zero-order valence-corrected chi connectivity index (χ0v) is 21.1. The summed E-state index contributed by atoms with van der Waals surface area (Å²) in [6.07, 6.45) is 6.72. The monoisotopic (exact) mass is 462 g/mol. The van der Waals surface area contributed by atoms with Crippen LogP contribution in [-0.4, -0.2) is 60.4 Å². The first kappa shape index (κ1) is 22.0. The highest BCUT2D eigenvalue weighted by atomic mass is 16.7. The molecule has 3 aliphatic heterocycles. The van der Waals surface area contributed by atoms with E-state index < -0.39 is 17.2 Å². The summed E-state index contributed by atoms with van der Waals surface area (Å²) in [6.45, 7) is 14.2. The highest BCUT2D eigenvalue weighted by Gasteiger charge is 2.83. The van der Waals surface area contributed by atoms with E-state index >= 15 is 0 Å². The molecule has 0 aromatic carbocycles. The second-order valence-corrected chi connectivity index (χ2v) is 13.9. The minimum absolute atomic E-state index is 0.0996. The van der Waals surface area contributed by atoms with E-state index in [0.29, 0.717) is 38.3 Å². The van der Waals surface area contributed by atoms with Crippen molar-refractivity contribution in [2.24, 2.45) is 34.0 Å². The van der Waals surface area contributed by atoms with Crippen LogP contribution in [0.4, 0.5) is 0 Å². The lowest BCUT2D eigenvalue weighted by Gasteiger charge is -2.68. The molecule has 4 aliphatic carbocycles. The number of rotatable bonds is 0. The topological polar surface area (TPSA) is 69.7 Å². The molecule has 7 aliphatic rings. The van der Waals surface area contributed by atoms with Crippen molar-refractivity contribution in [1.82, 2.24) is 0 Å². The van der Waals surface area contributed by atoms with Gasteiger partial charge in [0, 0.05) is 30.1 Å². The van der Waals surface area contributed by atoms with E-state index in [2.05, 4.69) is 34.6 Å². The molecule has 0 amide bonds. The van der Waals surface area contributed by atoms with Gasteiger partial charge in [0.25, 0.3) is 0 Å². The molecule has 186 valence electrons. The molecule has 7 rings (SSSR count). The maximum atomic E-state index is 12.9. The average molecular weight is 463 g/mol. The van der Waals surface area contributed by atoms with E-state index in [1.165, 1.54) is 0 Å².